The van der Waals surface area contributed by atoms with Gasteiger partial charge in [0.05, 0.1) is 13.1 Å². The van der Waals surface area contributed by atoms with Gasteiger partial charge < -0.3 is 14.2 Å². The maximum atomic E-state index is 12.9. The first kappa shape index (κ1) is 21.9. The minimum Gasteiger partial charge on any atom is -0.458 e. The second kappa shape index (κ2) is 7.49. The summed E-state index contributed by atoms with van der Waals surface area (Å²) in [4.78, 5) is 41.2. The summed E-state index contributed by atoms with van der Waals surface area (Å²) in [6.45, 7) is 10.8. The summed E-state index contributed by atoms with van der Waals surface area (Å²) in [5.74, 6) is -0.542. The molecule has 2 saturated heterocycles. The van der Waals surface area contributed by atoms with Crippen LogP contribution in [0.5, 0.6) is 0 Å². The standard InChI is InChI=1S/C22H30N2O6/c1-20(2,3)28-17(25)16-12-22(14-24(16)19(27)29-21(4,5)6)13-23(18(26)30-22)15-10-8-7-9-11-15/h7-11,16H,12-14H2,1-6H3/t16-,22-/m0/s1. The highest BCUT2D eigenvalue weighted by Crippen LogP contribution is 2.39. The Bertz CT molecular complexity index is 788. The first-order chi connectivity index (χ1) is 13.8. The van der Waals surface area contributed by atoms with Crippen molar-refractivity contribution in [2.45, 2.75) is 70.8 Å². The number of para-hydroxylation sites is 1. The number of carbonyl (C=O) groups excluding carboxylic acids is 3. The summed E-state index contributed by atoms with van der Waals surface area (Å²) in [6.07, 6.45) is -0.990. The zero-order chi connectivity index (χ0) is 22.3. The molecule has 8 heteroatoms. The second-order valence-electron chi connectivity index (χ2n) is 9.83. The molecule has 0 unspecified atom stereocenters. The maximum absolute atomic E-state index is 12.9. The lowest BCUT2D eigenvalue weighted by atomic mass is 10.00. The van der Waals surface area contributed by atoms with Gasteiger partial charge in [-0.3, -0.25) is 9.80 Å². The molecule has 1 spiro atoms. The molecule has 0 aromatic heterocycles. The molecule has 3 rings (SSSR count). The van der Waals surface area contributed by atoms with Crippen molar-refractivity contribution in [1.82, 2.24) is 4.90 Å². The Morgan fingerprint density at radius 1 is 1.00 bits per heavy atom. The molecule has 8 nitrogen and oxygen atoms in total. The molecule has 0 bridgehead atoms. The van der Waals surface area contributed by atoms with Gasteiger partial charge in [-0.05, 0) is 53.7 Å². The van der Waals surface area contributed by atoms with E-state index in [1.165, 1.54) is 9.80 Å². The van der Waals surface area contributed by atoms with Gasteiger partial charge in [-0.25, -0.2) is 14.4 Å². The topological polar surface area (TPSA) is 85.4 Å². The van der Waals surface area contributed by atoms with Crippen LogP contribution in [0.25, 0.3) is 0 Å². The summed E-state index contributed by atoms with van der Waals surface area (Å²) in [6, 6.07) is 8.25. The first-order valence-electron chi connectivity index (χ1n) is 10.1. The molecule has 2 fully saturated rings. The number of rotatable bonds is 2. The predicted molar refractivity (Wildman–Crippen MR) is 110 cm³/mol. The van der Waals surface area contributed by atoms with E-state index in [0.717, 1.165) is 0 Å². The molecule has 1 aromatic carbocycles. The van der Waals surface area contributed by atoms with E-state index in [0.29, 0.717) is 5.69 Å². The van der Waals surface area contributed by atoms with Gasteiger partial charge in [0, 0.05) is 12.1 Å². The van der Waals surface area contributed by atoms with E-state index in [2.05, 4.69) is 0 Å². The Balaban J connectivity index is 1.86. The Hall–Kier alpha value is -2.77. The van der Waals surface area contributed by atoms with E-state index in [4.69, 9.17) is 14.2 Å². The summed E-state index contributed by atoms with van der Waals surface area (Å²) in [7, 11) is 0. The smallest absolute Gasteiger partial charge is 0.415 e. The Labute approximate surface area is 177 Å². The van der Waals surface area contributed by atoms with Crippen LogP contribution in [0.3, 0.4) is 0 Å². The van der Waals surface area contributed by atoms with E-state index < -0.39 is 41.0 Å². The number of benzene rings is 1. The van der Waals surface area contributed by atoms with Crippen molar-refractivity contribution in [3.8, 4) is 0 Å². The van der Waals surface area contributed by atoms with E-state index >= 15 is 0 Å². The molecule has 2 aliphatic rings. The number of hydrogen-bond acceptors (Lipinski definition) is 6. The summed E-state index contributed by atoms with van der Waals surface area (Å²) < 4.78 is 16.8. The van der Waals surface area contributed by atoms with Crippen LogP contribution in [0.1, 0.15) is 48.0 Å². The second-order valence-corrected chi connectivity index (χ2v) is 9.83. The van der Waals surface area contributed by atoms with Crippen LogP contribution in [-0.4, -0.2) is 59.0 Å². The number of hydrogen-bond donors (Lipinski definition) is 0. The monoisotopic (exact) mass is 418 g/mol. The fraction of sp³-hybridized carbons (Fsp3) is 0.591. The minimum atomic E-state index is -1.01. The molecule has 164 valence electrons. The molecule has 2 atom stereocenters. The van der Waals surface area contributed by atoms with Crippen LogP contribution in [0.15, 0.2) is 30.3 Å². The van der Waals surface area contributed by atoms with Crippen molar-refractivity contribution in [2.75, 3.05) is 18.0 Å². The van der Waals surface area contributed by atoms with E-state index in [1.807, 2.05) is 30.3 Å². The lowest BCUT2D eigenvalue weighted by Crippen LogP contribution is -2.46. The largest absolute Gasteiger partial charge is 0.458 e. The zero-order valence-electron chi connectivity index (χ0n) is 18.4. The lowest BCUT2D eigenvalue weighted by Gasteiger charge is -2.29. The van der Waals surface area contributed by atoms with E-state index in [1.54, 1.807) is 41.5 Å². The molecule has 2 heterocycles. The highest BCUT2D eigenvalue weighted by Gasteiger charge is 2.58. The number of likely N-dealkylation sites (tertiary alicyclic amines) is 1. The van der Waals surface area contributed by atoms with Gasteiger partial charge in [-0.2, -0.15) is 0 Å². The molecule has 2 aliphatic heterocycles. The van der Waals surface area contributed by atoms with Gasteiger partial charge >= 0.3 is 18.2 Å². The van der Waals surface area contributed by atoms with Gasteiger partial charge in [0.15, 0.2) is 5.60 Å². The lowest BCUT2D eigenvalue weighted by molar-refractivity contribution is -0.160. The Morgan fingerprint density at radius 3 is 2.17 bits per heavy atom. The summed E-state index contributed by atoms with van der Waals surface area (Å²) in [5.41, 5.74) is -1.75. The highest BCUT2D eigenvalue weighted by atomic mass is 16.6. The molecule has 2 amide bonds. The van der Waals surface area contributed by atoms with Crippen LogP contribution in [0, 0.1) is 0 Å². The van der Waals surface area contributed by atoms with Gasteiger partial charge in [-0.15, -0.1) is 0 Å². The predicted octanol–water partition coefficient (Wildman–Crippen LogP) is 3.73. The van der Waals surface area contributed by atoms with Crippen LogP contribution < -0.4 is 4.90 Å². The zero-order valence-corrected chi connectivity index (χ0v) is 18.4. The average molecular weight is 418 g/mol. The average Bonchev–Trinajstić information content (AvgIpc) is 3.13. The van der Waals surface area contributed by atoms with Gasteiger partial charge in [0.25, 0.3) is 0 Å². The molecule has 1 aromatic rings. The number of carbonyl (C=O) groups is 3. The number of amides is 2. The van der Waals surface area contributed by atoms with E-state index in [9.17, 15) is 14.4 Å². The minimum absolute atomic E-state index is 0.0564. The van der Waals surface area contributed by atoms with Crippen LogP contribution in [0.4, 0.5) is 15.3 Å². The fourth-order valence-electron chi connectivity index (χ4n) is 3.66. The fourth-order valence-corrected chi connectivity index (χ4v) is 3.66. The number of esters is 1. The molecule has 0 saturated carbocycles. The molecule has 30 heavy (non-hydrogen) atoms. The van der Waals surface area contributed by atoms with Crippen LogP contribution in [-0.2, 0) is 19.0 Å². The highest BCUT2D eigenvalue weighted by molar-refractivity contribution is 5.91. The van der Waals surface area contributed by atoms with Crippen molar-refractivity contribution in [3.05, 3.63) is 30.3 Å². The Morgan fingerprint density at radius 2 is 1.60 bits per heavy atom. The quantitative estimate of drug-likeness (QED) is 0.537. The Kier molecular flexibility index (Phi) is 5.47. The first-order valence-corrected chi connectivity index (χ1v) is 10.1. The van der Waals surface area contributed by atoms with Gasteiger partial charge in [0.1, 0.15) is 17.2 Å². The summed E-state index contributed by atoms with van der Waals surface area (Å²) >= 11 is 0. The van der Waals surface area contributed by atoms with E-state index in [-0.39, 0.29) is 19.5 Å². The SMILES string of the molecule is CC(C)(C)OC(=O)[C@@H]1C[C@]2(CN(c3ccccc3)C(=O)O2)CN1C(=O)OC(C)(C)C. The molecule has 0 aliphatic carbocycles. The van der Waals surface area contributed by atoms with Crippen molar-refractivity contribution in [1.29, 1.82) is 0 Å². The van der Waals surface area contributed by atoms with Crippen molar-refractivity contribution >= 4 is 23.8 Å². The number of nitrogens with zero attached hydrogens (tertiary/aromatic N) is 2. The summed E-state index contributed by atoms with van der Waals surface area (Å²) in [5, 5.41) is 0. The number of ether oxygens (including phenoxy) is 3. The normalized spacial score (nSPS) is 24.2. The van der Waals surface area contributed by atoms with Crippen molar-refractivity contribution in [3.63, 3.8) is 0 Å². The van der Waals surface area contributed by atoms with Crippen LogP contribution in [0.2, 0.25) is 0 Å². The van der Waals surface area contributed by atoms with Crippen LogP contribution >= 0.6 is 0 Å². The molecule has 0 radical (unpaired) electrons. The third-order valence-corrected chi connectivity index (χ3v) is 4.75. The maximum Gasteiger partial charge on any atom is 0.415 e. The molecular formula is C22H30N2O6. The van der Waals surface area contributed by atoms with Gasteiger partial charge in [-0.1, -0.05) is 18.2 Å². The van der Waals surface area contributed by atoms with Gasteiger partial charge in [0.2, 0.25) is 0 Å². The molecular weight excluding hydrogens is 388 g/mol. The number of anilines is 1. The third-order valence-electron chi connectivity index (χ3n) is 4.75. The third kappa shape index (κ3) is 4.86. The van der Waals surface area contributed by atoms with Crippen molar-refractivity contribution < 1.29 is 28.6 Å². The van der Waals surface area contributed by atoms with Crippen molar-refractivity contribution in [2.24, 2.45) is 0 Å². The molecule has 0 N–H and O–H groups in total.